The lowest BCUT2D eigenvalue weighted by atomic mass is 10.1. The number of halogens is 4. The van der Waals surface area contributed by atoms with Gasteiger partial charge in [0.25, 0.3) is 0 Å². The second-order valence-corrected chi connectivity index (χ2v) is 4.64. The predicted molar refractivity (Wildman–Crippen MR) is 64.5 cm³/mol. The molecule has 0 aliphatic rings. The molecule has 0 unspecified atom stereocenters. The fourth-order valence-electron chi connectivity index (χ4n) is 1.81. The third kappa shape index (κ3) is 1.90. The fraction of sp³-hybridized carbons (Fsp3) is 0.364. The van der Waals surface area contributed by atoms with Crippen molar-refractivity contribution in [3.05, 3.63) is 23.0 Å². The maximum absolute atomic E-state index is 12.7. The summed E-state index contributed by atoms with van der Waals surface area (Å²) in [6.07, 6.45) is -3.08. The summed E-state index contributed by atoms with van der Waals surface area (Å²) in [5, 5.41) is -0.475. The van der Waals surface area contributed by atoms with E-state index in [-0.39, 0.29) is 17.2 Å². The van der Waals surface area contributed by atoms with Gasteiger partial charge in [-0.3, -0.25) is 0 Å². The minimum absolute atomic E-state index is 0.0325. The van der Waals surface area contributed by atoms with Gasteiger partial charge >= 0.3 is 6.18 Å². The van der Waals surface area contributed by atoms with E-state index in [1.165, 1.54) is 6.33 Å². The van der Waals surface area contributed by atoms with Gasteiger partial charge in [-0.05, 0) is 19.9 Å². The first-order valence-corrected chi connectivity index (χ1v) is 5.63. The molecule has 0 fully saturated rings. The number of fused-ring (bicyclic) bond motifs is 1. The lowest BCUT2D eigenvalue weighted by Gasteiger charge is -2.14. The molecule has 2 aromatic rings. The molecule has 0 saturated carbocycles. The Labute approximate surface area is 106 Å². The first-order valence-electron chi connectivity index (χ1n) is 5.25. The largest absolute Gasteiger partial charge is 0.418 e. The second kappa shape index (κ2) is 4.05. The summed E-state index contributed by atoms with van der Waals surface area (Å²) in [6.45, 7) is 3.76. The Morgan fingerprint density at radius 3 is 2.50 bits per heavy atom. The van der Waals surface area contributed by atoms with E-state index in [9.17, 15) is 13.2 Å². The van der Waals surface area contributed by atoms with Crippen LogP contribution in [0.3, 0.4) is 0 Å². The summed E-state index contributed by atoms with van der Waals surface area (Å²) in [5.41, 5.74) is 5.29. The quantitative estimate of drug-likeness (QED) is 0.804. The molecule has 0 saturated heterocycles. The summed E-state index contributed by atoms with van der Waals surface area (Å²) >= 11 is 5.70. The van der Waals surface area contributed by atoms with E-state index in [1.807, 2.05) is 13.8 Å². The smallest absolute Gasteiger partial charge is 0.396 e. The van der Waals surface area contributed by atoms with Gasteiger partial charge in [-0.1, -0.05) is 11.6 Å². The molecule has 2 N–H and O–H groups in total. The van der Waals surface area contributed by atoms with Gasteiger partial charge in [0.05, 0.1) is 33.6 Å². The third-order valence-electron chi connectivity index (χ3n) is 2.69. The molecule has 0 spiro atoms. The number of rotatable bonds is 1. The van der Waals surface area contributed by atoms with Gasteiger partial charge in [0.1, 0.15) is 0 Å². The summed E-state index contributed by atoms with van der Waals surface area (Å²) < 4.78 is 39.9. The minimum Gasteiger partial charge on any atom is -0.396 e. The van der Waals surface area contributed by atoms with Crippen molar-refractivity contribution in [1.29, 1.82) is 0 Å². The van der Waals surface area contributed by atoms with E-state index < -0.39 is 16.8 Å². The van der Waals surface area contributed by atoms with Crippen LogP contribution in [0.25, 0.3) is 11.0 Å². The van der Waals surface area contributed by atoms with Crippen LogP contribution in [0, 0.1) is 0 Å². The zero-order valence-corrected chi connectivity index (χ0v) is 10.5. The number of nitrogens with zero attached hydrogens (tertiary/aromatic N) is 2. The number of hydrogen-bond acceptors (Lipinski definition) is 2. The number of nitrogens with two attached hydrogens (primary N) is 1. The van der Waals surface area contributed by atoms with Crippen LogP contribution in [-0.2, 0) is 6.18 Å². The lowest BCUT2D eigenvalue weighted by molar-refractivity contribution is -0.137. The van der Waals surface area contributed by atoms with Crippen molar-refractivity contribution < 1.29 is 13.2 Å². The van der Waals surface area contributed by atoms with E-state index in [4.69, 9.17) is 17.3 Å². The number of hydrogen-bond donors (Lipinski definition) is 1. The Balaban J connectivity index is 2.81. The molecule has 0 amide bonds. The summed E-state index contributed by atoms with van der Waals surface area (Å²) in [7, 11) is 0. The first-order chi connectivity index (χ1) is 8.23. The molecule has 0 atom stereocenters. The van der Waals surface area contributed by atoms with E-state index in [0.717, 1.165) is 6.07 Å². The standard InChI is InChI=1S/C11H11ClF3N3/c1-5(2)18-4-17-7-3-6(11(13,14)15)8(12)9(16)10(7)18/h3-5H,16H2,1-2H3. The third-order valence-corrected chi connectivity index (χ3v) is 3.10. The zero-order chi connectivity index (χ0) is 13.7. The summed E-state index contributed by atoms with van der Waals surface area (Å²) in [6, 6.07) is 0.956. The molecule has 1 aromatic carbocycles. The summed E-state index contributed by atoms with van der Waals surface area (Å²) in [4.78, 5) is 3.94. The van der Waals surface area contributed by atoms with Crippen LogP contribution in [0.4, 0.5) is 18.9 Å². The van der Waals surface area contributed by atoms with Crippen LogP contribution >= 0.6 is 11.6 Å². The average molecular weight is 278 g/mol. The Hall–Kier alpha value is -1.43. The van der Waals surface area contributed by atoms with E-state index in [2.05, 4.69) is 4.98 Å². The molecule has 0 aliphatic heterocycles. The number of anilines is 1. The minimum atomic E-state index is -4.54. The number of nitrogen functional groups attached to an aromatic ring is 1. The SMILES string of the molecule is CC(C)n1cnc2cc(C(F)(F)F)c(Cl)c(N)c21. The predicted octanol–water partition coefficient (Wildman–Crippen LogP) is 3.87. The number of imidazole rings is 1. The molecule has 0 bridgehead atoms. The van der Waals surface area contributed by atoms with Crippen molar-refractivity contribution in [3.63, 3.8) is 0 Å². The molecule has 98 valence electrons. The van der Waals surface area contributed by atoms with Gasteiger partial charge in [-0.25, -0.2) is 4.98 Å². The van der Waals surface area contributed by atoms with Crippen molar-refractivity contribution in [2.45, 2.75) is 26.1 Å². The summed E-state index contributed by atoms with van der Waals surface area (Å²) in [5.74, 6) is 0. The van der Waals surface area contributed by atoms with Gasteiger partial charge in [0.15, 0.2) is 0 Å². The molecule has 18 heavy (non-hydrogen) atoms. The normalized spacial score (nSPS) is 12.6. The van der Waals surface area contributed by atoms with E-state index in [0.29, 0.717) is 5.52 Å². The number of alkyl halides is 3. The fourth-order valence-corrected chi connectivity index (χ4v) is 2.06. The van der Waals surface area contributed by atoms with Gasteiger partial charge in [-0.15, -0.1) is 0 Å². The molecule has 1 aromatic heterocycles. The monoisotopic (exact) mass is 277 g/mol. The van der Waals surface area contributed by atoms with Crippen molar-refractivity contribution >= 4 is 28.3 Å². The van der Waals surface area contributed by atoms with E-state index >= 15 is 0 Å². The van der Waals surface area contributed by atoms with Gasteiger partial charge in [0, 0.05) is 6.04 Å². The van der Waals surface area contributed by atoms with Gasteiger partial charge < -0.3 is 10.3 Å². The van der Waals surface area contributed by atoms with Crippen LogP contribution in [0.1, 0.15) is 25.5 Å². The maximum Gasteiger partial charge on any atom is 0.418 e. The Kier molecular flexibility index (Phi) is 2.93. The molecular weight excluding hydrogens is 267 g/mol. The molecule has 0 aliphatic carbocycles. The Morgan fingerprint density at radius 1 is 1.39 bits per heavy atom. The Bertz CT molecular complexity index is 602. The highest BCUT2D eigenvalue weighted by atomic mass is 35.5. The van der Waals surface area contributed by atoms with Crippen molar-refractivity contribution in [2.24, 2.45) is 0 Å². The average Bonchev–Trinajstić information content (AvgIpc) is 2.65. The zero-order valence-electron chi connectivity index (χ0n) is 9.72. The van der Waals surface area contributed by atoms with Crippen LogP contribution in [0.15, 0.2) is 12.4 Å². The molecule has 1 heterocycles. The first kappa shape index (κ1) is 13.0. The van der Waals surface area contributed by atoms with Crippen molar-refractivity contribution in [2.75, 3.05) is 5.73 Å². The Morgan fingerprint density at radius 2 is 2.00 bits per heavy atom. The highest BCUT2D eigenvalue weighted by Crippen LogP contribution is 2.41. The lowest BCUT2D eigenvalue weighted by Crippen LogP contribution is -2.09. The van der Waals surface area contributed by atoms with Crippen LogP contribution < -0.4 is 5.73 Å². The molecule has 7 heteroatoms. The molecular formula is C11H11ClF3N3. The molecule has 3 nitrogen and oxygen atoms in total. The van der Waals surface area contributed by atoms with Gasteiger partial charge in [0.2, 0.25) is 0 Å². The van der Waals surface area contributed by atoms with Gasteiger partial charge in [-0.2, -0.15) is 13.2 Å². The van der Waals surface area contributed by atoms with Crippen LogP contribution in [0.5, 0.6) is 0 Å². The second-order valence-electron chi connectivity index (χ2n) is 4.26. The van der Waals surface area contributed by atoms with Crippen LogP contribution in [0.2, 0.25) is 5.02 Å². The molecule has 2 rings (SSSR count). The van der Waals surface area contributed by atoms with Crippen molar-refractivity contribution in [1.82, 2.24) is 9.55 Å². The number of aromatic nitrogens is 2. The highest BCUT2D eigenvalue weighted by Gasteiger charge is 2.35. The van der Waals surface area contributed by atoms with Crippen molar-refractivity contribution in [3.8, 4) is 0 Å². The topological polar surface area (TPSA) is 43.8 Å². The van der Waals surface area contributed by atoms with Crippen LogP contribution in [-0.4, -0.2) is 9.55 Å². The highest BCUT2D eigenvalue weighted by molar-refractivity contribution is 6.35. The molecule has 0 radical (unpaired) electrons. The maximum atomic E-state index is 12.7. The number of benzene rings is 1. The van der Waals surface area contributed by atoms with E-state index in [1.54, 1.807) is 4.57 Å².